The molecule has 0 amide bonds. The average molecular weight is 365 g/mol. The van der Waals surface area contributed by atoms with Crippen LogP contribution >= 0.6 is 27.5 Å². The van der Waals surface area contributed by atoms with Crippen LogP contribution in [-0.4, -0.2) is 43.7 Å². The Hall–Kier alpha value is -0.330. The van der Waals surface area contributed by atoms with Crippen LogP contribution in [0.4, 0.5) is 5.69 Å². The molecule has 112 valence electrons. The lowest BCUT2D eigenvalue weighted by molar-refractivity contribution is -0.0137. The Kier molecular flexibility index (Phi) is 6.58. The summed E-state index contributed by atoms with van der Waals surface area (Å²) in [6, 6.07) is 5.56. The summed E-state index contributed by atoms with van der Waals surface area (Å²) < 4.78 is 11.7. The van der Waals surface area contributed by atoms with Gasteiger partial charge in [0.2, 0.25) is 0 Å². The highest BCUT2D eigenvalue weighted by Crippen LogP contribution is 2.29. The maximum absolute atomic E-state index is 9.87. The van der Waals surface area contributed by atoms with Gasteiger partial charge in [0.25, 0.3) is 0 Å². The van der Waals surface area contributed by atoms with Gasteiger partial charge in [0.1, 0.15) is 0 Å². The molecule has 0 bridgehead atoms. The molecule has 0 aliphatic carbocycles. The molecule has 4 nitrogen and oxygen atoms in total. The molecule has 1 saturated heterocycles. The Balaban J connectivity index is 1.66. The monoisotopic (exact) mass is 363 g/mol. The molecule has 20 heavy (non-hydrogen) atoms. The van der Waals surface area contributed by atoms with Crippen LogP contribution in [-0.2, 0) is 9.47 Å². The van der Waals surface area contributed by atoms with E-state index in [-0.39, 0.29) is 6.10 Å². The topological polar surface area (TPSA) is 50.7 Å². The summed E-state index contributed by atoms with van der Waals surface area (Å²) in [5.41, 5.74) is 0.857. The van der Waals surface area contributed by atoms with Crippen LogP contribution in [0.3, 0.4) is 0 Å². The molecule has 2 rings (SSSR count). The number of aliphatic hydroxyl groups is 1. The number of anilines is 1. The van der Waals surface area contributed by atoms with E-state index in [0.717, 1.165) is 29.6 Å². The van der Waals surface area contributed by atoms with Crippen molar-refractivity contribution < 1.29 is 14.6 Å². The van der Waals surface area contributed by atoms with Crippen LogP contribution in [0.2, 0.25) is 5.02 Å². The van der Waals surface area contributed by atoms with Gasteiger partial charge in [-0.25, -0.2) is 0 Å². The lowest BCUT2D eigenvalue weighted by atomic mass is 10.2. The van der Waals surface area contributed by atoms with Crippen molar-refractivity contribution in [1.82, 2.24) is 0 Å². The van der Waals surface area contributed by atoms with Crippen molar-refractivity contribution in [1.29, 1.82) is 0 Å². The van der Waals surface area contributed by atoms with Gasteiger partial charge in [0.05, 0.1) is 40.6 Å². The van der Waals surface area contributed by atoms with Crippen molar-refractivity contribution >= 4 is 33.2 Å². The van der Waals surface area contributed by atoms with Crippen LogP contribution in [0, 0.1) is 0 Å². The van der Waals surface area contributed by atoms with Crippen molar-refractivity contribution in [3.05, 3.63) is 27.7 Å². The molecule has 1 heterocycles. The molecular weight excluding hydrogens is 346 g/mol. The van der Waals surface area contributed by atoms with E-state index in [1.807, 2.05) is 12.1 Å². The molecule has 1 aliphatic rings. The third-order valence-corrected chi connectivity index (χ3v) is 4.52. The van der Waals surface area contributed by atoms with Gasteiger partial charge in [-0.05, 0) is 40.9 Å². The molecule has 6 heteroatoms. The first-order valence-corrected chi connectivity index (χ1v) is 7.89. The first-order chi connectivity index (χ1) is 9.66. The van der Waals surface area contributed by atoms with Crippen molar-refractivity contribution in [3.63, 3.8) is 0 Å². The predicted octanol–water partition coefficient (Wildman–Crippen LogP) is 3.07. The van der Waals surface area contributed by atoms with Crippen molar-refractivity contribution in [2.45, 2.75) is 25.0 Å². The number of hydrogen-bond acceptors (Lipinski definition) is 4. The van der Waals surface area contributed by atoms with E-state index in [4.69, 9.17) is 21.1 Å². The first kappa shape index (κ1) is 16.0. The van der Waals surface area contributed by atoms with Crippen LogP contribution < -0.4 is 5.32 Å². The first-order valence-electron chi connectivity index (χ1n) is 6.72. The average Bonchev–Trinajstić information content (AvgIpc) is 2.94. The largest absolute Gasteiger partial charge is 0.389 e. The highest BCUT2D eigenvalue weighted by atomic mass is 79.9. The van der Waals surface area contributed by atoms with E-state index in [9.17, 15) is 5.11 Å². The number of halogens is 2. The van der Waals surface area contributed by atoms with E-state index in [1.165, 1.54) is 0 Å². The Morgan fingerprint density at radius 3 is 3.15 bits per heavy atom. The van der Waals surface area contributed by atoms with Gasteiger partial charge < -0.3 is 19.9 Å². The fourth-order valence-electron chi connectivity index (χ4n) is 2.04. The number of aliphatic hydroxyl groups excluding tert-OH is 1. The van der Waals surface area contributed by atoms with Gasteiger partial charge in [-0.1, -0.05) is 17.7 Å². The second-order valence-corrected chi connectivity index (χ2v) is 6.01. The lowest BCUT2D eigenvalue weighted by Gasteiger charge is -2.16. The number of hydrogen-bond donors (Lipinski definition) is 2. The maximum Gasteiger partial charge on any atom is 0.0945 e. The van der Waals surface area contributed by atoms with E-state index in [2.05, 4.69) is 21.2 Å². The lowest BCUT2D eigenvalue weighted by Crippen LogP contribution is -2.27. The van der Waals surface area contributed by atoms with Crippen molar-refractivity contribution in [3.8, 4) is 0 Å². The van der Waals surface area contributed by atoms with Gasteiger partial charge in [-0.15, -0.1) is 0 Å². The van der Waals surface area contributed by atoms with Gasteiger partial charge >= 0.3 is 0 Å². The number of rotatable bonds is 7. The molecule has 0 aromatic heterocycles. The molecular formula is C14H19BrClNO3. The molecule has 0 spiro atoms. The second-order valence-electron chi connectivity index (χ2n) is 4.81. The summed E-state index contributed by atoms with van der Waals surface area (Å²) in [4.78, 5) is 0. The fraction of sp³-hybridized carbons (Fsp3) is 0.571. The van der Waals surface area contributed by atoms with E-state index >= 15 is 0 Å². The standard InChI is InChI=1S/C14H19BrClNO3/c15-14-12(16)4-1-5-13(14)17-7-10(18)8-19-9-11-3-2-6-20-11/h1,4-5,10-11,17-18H,2-3,6-9H2. The maximum atomic E-state index is 9.87. The fourth-order valence-corrected chi connectivity index (χ4v) is 2.62. The van der Waals surface area contributed by atoms with Gasteiger partial charge in [0.15, 0.2) is 0 Å². The Morgan fingerprint density at radius 1 is 1.55 bits per heavy atom. The molecule has 2 unspecified atom stereocenters. The molecule has 2 N–H and O–H groups in total. The molecule has 0 radical (unpaired) electrons. The minimum Gasteiger partial charge on any atom is -0.389 e. The predicted molar refractivity (Wildman–Crippen MR) is 83.4 cm³/mol. The van der Waals surface area contributed by atoms with Crippen LogP contribution in [0.5, 0.6) is 0 Å². The van der Waals surface area contributed by atoms with E-state index in [1.54, 1.807) is 6.07 Å². The molecule has 1 aromatic rings. The Bertz CT molecular complexity index is 427. The van der Waals surface area contributed by atoms with Crippen LogP contribution in [0.25, 0.3) is 0 Å². The third-order valence-electron chi connectivity index (χ3n) is 3.12. The van der Waals surface area contributed by atoms with E-state index < -0.39 is 6.10 Å². The third kappa shape index (κ3) is 4.90. The van der Waals surface area contributed by atoms with E-state index in [0.29, 0.717) is 24.8 Å². The van der Waals surface area contributed by atoms with Gasteiger partial charge in [-0.2, -0.15) is 0 Å². The van der Waals surface area contributed by atoms with Crippen molar-refractivity contribution in [2.24, 2.45) is 0 Å². The van der Waals surface area contributed by atoms with Crippen LogP contribution in [0.15, 0.2) is 22.7 Å². The Labute approximate surface area is 132 Å². The summed E-state index contributed by atoms with van der Waals surface area (Å²) in [6.45, 7) is 2.08. The quantitative estimate of drug-likeness (QED) is 0.781. The number of nitrogens with one attached hydrogen (secondary N) is 1. The summed E-state index contributed by atoms with van der Waals surface area (Å²) in [5, 5.41) is 13.6. The zero-order valence-corrected chi connectivity index (χ0v) is 13.5. The number of benzene rings is 1. The molecule has 1 aliphatic heterocycles. The summed E-state index contributed by atoms with van der Waals surface area (Å²) in [6.07, 6.45) is 1.77. The summed E-state index contributed by atoms with van der Waals surface area (Å²) >= 11 is 9.40. The molecule has 2 atom stereocenters. The zero-order valence-electron chi connectivity index (χ0n) is 11.1. The smallest absolute Gasteiger partial charge is 0.0945 e. The highest BCUT2D eigenvalue weighted by Gasteiger charge is 2.16. The summed E-state index contributed by atoms with van der Waals surface area (Å²) in [5.74, 6) is 0. The molecule has 0 saturated carbocycles. The van der Waals surface area contributed by atoms with Crippen LogP contribution in [0.1, 0.15) is 12.8 Å². The minimum absolute atomic E-state index is 0.192. The molecule has 1 aromatic carbocycles. The zero-order chi connectivity index (χ0) is 14.4. The SMILES string of the molecule is OC(CNc1cccc(Cl)c1Br)COCC1CCCO1. The normalized spacial score (nSPS) is 20.1. The summed E-state index contributed by atoms with van der Waals surface area (Å²) in [7, 11) is 0. The Morgan fingerprint density at radius 2 is 2.40 bits per heavy atom. The number of ether oxygens (including phenoxy) is 2. The van der Waals surface area contributed by atoms with Gasteiger partial charge in [-0.3, -0.25) is 0 Å². The minimum atomic E-state index is -0.567. The molecule has 1 fully saturated rings. The van der Waals surface area contributed by atoms with Crippen molar-refractivity contribution in [2.75, 3.05) is 31.7 Å². The van der Waals surface area contributed by atoms with Gasteiger partial charge in [0, 0.05) is 13.2 Å². The highest BCUT2D eigenvalue weighted by molar-refractivity contribution is 9.10. The second kappa shape index (κ2) is 8.20.